The van der Waals surface area contributed by atoms with E-state index in [1.54, 1.807) is 22.7 Å². The molecule has 3 heterocycles. The number of carbonyl (C=O) groups is 2. The average Bonchev–Trinajstić information content (AvgIpc) is 3.06. The van der Waals surface area contributed by atoms with Crippen LogP contribution in [0.15, 0.2) is 53.8 Å². The van der Waals surface area contributed by atoms with E-state index < -0.39 is 0 Å². The molecule has 2 aromatic heterocycles. The van der Waals surface area contributed by atoms with Gasteiger partial charge in [-0.05, 0) is 30.7 Å². The molecule has 1 aromatic carbocycles. The molecule has 1 aliphatic rings. The number of nitrogens with one attached hydrogen (secondary N) is 2. The molecule has 28 heavy (non-hydrogen) atoms. The van der Waals surface area contributed by atoms with Crippen LogP contribution in [0, 0.1) is 12.8 Å². The van der Waals surface area contributed by atoms with E-state index in [1.165, 1.54) is 6.20 Å². The monoisotopic (exact) mass is 376 g/mol. The van der Waals surface area contributed by atoms with Gasteiger partial charge in [-0.2, -0.15) is 4.99 Å². The molecule has 2 amide bonds. The number of aliphatic imine (C=N–C) groups is 1. The molecule has 1 saturated heterocycles. The first-order chi connectivity index (χ1) is 13.5. The molecule has 1 aliphatic heterocycles. The first-order valence-corrected chi connectivity index (χ1v) is 8.96. The maximum Gasteiger partial charge on any atom is 0.274 e. The minimum atomic E-state index is -0.286. The van der Waals surface area contributed by atoms with Gasteiger partial charge >= 0.3 is 0 Å². The number of amidine groups is 1. The highest BCUT2D eigenvalue weighted by Crippen LogP contribution is 2.19. The zero-order chi connectivity index (χ0) is 19.7. The van der Waals surface area contributed by atoms with E-state index in [0.29, 0.717) is 35.7 Å². The quantitative estimate of drug-likeness (QED) is 0.470. The van der Waals surface area contributed by atoms with Gasteiger partial charge in [0.2, 0.25) is 0 Å². The minimum Gasteiger partial charge on any atom is -0.383 e. The topological polar surface area (TPSA) is 114 Å². The Morgan fingerprint density at radius 2 is 2.11 bits per heavy atom. The Bertz CT molecular complexity index is 1100. The summed E-state index contributed by atoms with van der Waals surface area (Å²) in [6, 6.07) is 10.9. The number of aryl methyl sites for hydroxylation is 1. The van der Waals surface area contributed by atoms with Crippen molar-refractivity contribution in [2.24, 2.45) is 16.6 Å². The van der Waals surface area contributed by atoms with Crippen LogP contribution in [0.5, 0.6) is 0 Å². The summed E-state index contributed by atoms with van der Waals surface area (Å²) in [5.41, 5.74) is 9.18. The van der Waals surface area contributed by atoms with Crippen LogP contribution in [0.2, 0.25) is 0 Å². The van der Waals surface area contributed by atoms with Crippen molar-refractivity contribution in [3.63, 3.8) is 0 Å². The van der Waals surface area contributed by atoms with Gasteiger partial charge in [0.25, 0.3) is 11.8 Å². The van der Waals surface area contributed by atoms with Crippen LogP contribution < -0.4 is 16.4 Å². The molecule has 3 aromatic rings. The molecule has 4 N–H and O–H groups in total. The largest absolute Gasteiger partial charge is 0.383 e. The number of nitrogens with two attached hydrogens (primary N) is 1. The fraction of sp³-hybridized carbons (Fsp3) is 0.200. The molecular formula is C20H20N6O2. The van der Waals surface area contributed by atoms with Gasteiger partial charge in [-0.15, -0.1) is 0 Å². The van der Waals surface area contributed by atoms with E-state index >= 15 is 0 Å². The third-order valence-electron chi connectivity index (χ3n) is 4.79. The lowest BCUT2D eigenvalue weighted by atomic mass is 10.0. The second kappa shape index (κ2) is 7.24. The van der Waals surface area contributed by atoms with E-state index in [1.807, 2.05) is 31.2 Å². The Hall–Kier alpha value is -3.52. The number of rotatable bonds is 4. The summed E-state index contributed by atoms with van der Waals surface area (Å²) in [4.78, 5) is 33.0. The number of carbonyl (C=O) groups excluding carboxylic acids is 2. The van der Waals surface area contributed by atoms with E-state index in [4.69, 9.17) is 5.73 Å². The smallest absolute Gasteiger partial charge is 0.274 e. The summed E-state index contributed by atoms with van der Waals surface area (Å²) in [5.74, 6) is -0.486. The van der Waals surface area contributed by atoms with Gasteiger partial charge in [-0.1, -0.05) is 18.2 Å². The highest BCUT2D eigenvalue weighted by atomic mass is 16.2. The zero-order valence-corrected chi connectivity index (χ0v) is 15.3. The molecule has 1 fully saturated rings. The van der Waals surface area contributed by atoms with Gasteiger partial charge in [-0.25, -0.2) is 4.98 Å². The van der Waals surface area contributed by atoms with Gasteiger partial charge in [0.1, 0.15) is 17.2 Å². The molecule has 8 nitrogen and oxygen atoms in total. The predicted molar refractivity (Wildman–Crippen MR) is 106 cm³/mol. The standard InChI is InChI=1S/C20H20N6O2/c1-12-5-6-13(18(21)25-19(27)14-9-22-10-14)8-15(12)24-20(28)16-11-23-17-4-2-3-7-26(16)17/h2-8,11,14,22H,9-10H2,1H3,(H,24,28)(H2,21,25,27). The Kier molecular flexibility index (Phi) is 4.62. The van der Waals surface area contributed by atoms with E-state index in [2.05, 4.69) is 20.6 Å². The number of hydrogen-bond donors (Lipinski definition) is 3. The van der Waals surface area contributed by atoms with Crippen molar-refractivity contribution in [2.45, 2.75) is 6.92 Å². The summed E-state index contributed by atoms with van der Waals surface area (Å²) in [6.45, 7) is 3.14. The zero-order valence-electron chi connectivity index (χ0n) is 15.3. The molecule has 0 aliphatic carbocycles. The lowest BCUT2D eigenvalue weighted by Gasteiger charge is -2.23. The number of nitrogens with zero attached hydrogens (tertiary/aromatic N) is 3. The van der Waals surface area contributed by atoms with Crippen LogP contribution in [0.1, 0.15) is 21.6 Å². The van der Waals surface area contributed by atoms with Crippen molar-refractivity contribution in [1.82, 2.24) is 14.7 Å². The molecule has 0 unspecified atom stereocenters. The van der Waals surface area contributed by atoms with Gasteiger partial charge < -0.3 is 16.4 Å². The average molecular weight is 376 g/mol. The van der Waals surface area contributed by atoms with Crippen LogP contribution in [0.3, 0.4) is 0 Å². The highest BCUT2D eigenvalue weighted by molar-refractivity contribution is 6.07. The second-order valence-electron chi connectivity index (χ2n) is 6.75. The lowest BCUT2D eigenvalue weighted by molar-refractivity contribution is -0.122. The summed E-state index contributed by atoms with van der Waals surface area (Å²) in [6.07, 6.45) is 3.32. The van der Waals surface area contributed by atoms with Crippen LogP contribution in [-0.4, -0.2) is 40.1 Å². The van der Waals surface area contributed by atoms with E-state index in [9.17, 15) is 9.59 Å². The van der Waals surface area contributed by atoms with Crippen LogP contribution >= 0.6 is 0 Å². The second-order valence-corrected chi connectivity index (χ2v) is 6.75. The Balaban J connectivity index is 1.58. The lowest BCUT2D eigenvalue weighted by Crippen LogP contribution is -2.46. The maximum absolute atomic E-state index is 12.7. The molecule has 0 bridgehead atoms. The number of pyridine rings is 1. The van der Waals surface area contributed by atoms with Gasteiger partial charge in [0.05, 0.1) is 12.1 Å². The fourth-order valence-electron chi connectivity index (χ4n) is 2.94. The van der Waals surface area contributed by atoms with Crippen molar-refractivity contribution >= 4 is 29.0 Å². The first kappa shape index (κ1) is 17.9. The van der Waals surface area contributed by atoms with Crippen molar-refractivity contribution in [3.05, 3.63) is 65.6 Å². The third-order valence-corrected chi connectivity index (χ3v) is 4.79. The molecule has 4 rings (SSSR count). The summed E-state index contributed by atoms with van der Waals surface area (Å²) < 4.78 is 1.72. The van der Waals surface area contributed by atoms with Crippen molar-refractivity contribution in [1.29, 1.82) is 0 Å². The van der Waals surface area contributed by atoms with Gasteiger partial charge in [0.15, 0.2) is 0 Å². The number of hydrogen-bond acceptors (Lipinski definition) is 4. The minimum absolute atomic E-state index is 0.113. The molecule has 0 radical (unpaired) electrons. The summed E-state index contributed by atoms with van der Waals surface area (Å²) in [7, 11) is 0. The highest BCUT2D eigenvalue weighted by Gasteiger charge is 2.24. The Labute approximate surface area is 161 Å². The van der Waals surface area contributed by atoms with E-state index in [0.717, 1.165) is 5.56 Å². The predicted octanol–water partition coefficient (Wildman–Crippen LogP) is 1.35. The fourth-order valence-corrected chi connectivity index (χ4v) is 2.94. The maximum atomic E-state index is 12.7. The summed E-state index contributed by atoms with van der Waals surface area (Å²) >= 11 is 0. The Morgan fingerprint density at radius 3 is 2.86 bits per heavy atom. The molecule has 0 saturated carbocycles. The molecular weight excluding hydrogens is 356 g/mol. The number of anilines is 1. The van der Waals surface area contributed by atoms with Crippen LogP contribution in [0.25, 0.3) is 5.65 Å². The third kappa shape index (κ3) is 3.37. The normalized spacial score (nSPS) is 14.7. The molecule has 142 valence electrons. The van der Waals surface area contributed by atoms with Gasteiger partial charge in [-0.3, -0.25) is 14.0 Å². The van der Waals surface area contributed by atoms with E-state index in [-0.39, 0.29) is 23.6 Å². The SMILES string of the molecule is Cc1ccc(C(N)=NC(=O)C2CNC2)cc1NC(=O)c1cnc2ccccn12. The molecule has 0 spiro atoms. The summed E-state index contributed by atoms with van der Waals surface area (Å²) in [5, 5.41) is 5.93. The Morgan fingerprint density at radius 1 is 1.29 bits per heavy atom. The van der Waals surface area contributed by atoms with Crippen molar-refractivity contribution < 1.29 is 9.59 Å². The molecule has 0 atom stereocenters. The van der Waals surface area contributed by atoms with Crippen LogP contribution in [0.4, 0.5) is 5.69 Å². The number of fused-ring (bicyclic) bond motifs is 1. The first-order valence-electron chi connectivity index (χ1n) is 8.96. The number of aromatic nitrogens is 2. The van der Waals surface area contributed by atoms with Gasteiger partial charge in [0, 0.05) is 30.5 Å². The van der Waals surface area contributed by atoms with Crippen molar-refractivity contribution in [3.8, 4) is 0 Å². The number of amides is 2. The molecule has 8 heteroatoms. The number of benzene rings is 1. The van der Waals surface area contributed by atoms with Crippen LogP contribution in [-0.2, 0) is 4.79 Å². The number of imidazole rings is 1. The van der Waals surface area contributed by atoms with Crippen molar-refractivity contribution in [2.75, 3.05) is 18.4 Å².